The third kappa shape index (κ3) is 2.38. The van der Waals surface area contributed by atoms with Gasteiger partial charge in [-0.2, -0.15) is 13.2 Å². The molecule has 1 heterocycles. The highest BCUT2D eigenvalue weighted by Crippen LogP contribution is 2.31. The molecular weight excluding hydrogens is 225 g/mol. The molecule has 0 bridgehead atoms. The monoisotopic (exact) mass is 234 g/mol. The summed E-state index contributed by atoms with van der Waals surface area (Å²) < 4.78 is 41.7. The van der Waals surface area contributed by atoms with Gasteiger partial charge in [0.2, 0.25) is 0 Å². The number of alkyl halides is 3. The van der Waals surface area contributed by atoms with E-state index in [4.69, 9.17) is 0 Å². The SMILES string of the molecule is FC(F)(F)c1ccc(N2CCNS2)cc1. The first-order chi connectivity index (χ1) is 7.07. The van der Waals surface area contributed by atoms with Gasteiger partial charge in [0.25, 0.3) is 0 Å². The van der Waals surface area contributed by atoms with E-state index >= 15 is 0 Å². The first-order valence-corrected chi connectivity index (χ1v) is 5.19. The summed E-state index contributed by atoms with van der Waals surface area (Å²) in [6.45, 7) is 1.64. The molecule has 1 saturated heterocycles. The molecule has 2 nitrogen and oxygen atoms in total. The predicted octanol–water partition coefficient (Wildman–Crippen LogP) is 2.68. The number of nitrogens with zero attached hydrogens (tertiary/aromatic N) is 1. The van der Waals surface area contributed by atoms with E-state index in [2.05, 4.69) is 4.72 Å². The van der Waals surface area contributed by atoms with Gasteiger partial charge in [-0.1, -0.05) is 0 Å². The summed E-state index contributed by atoms with van der Waals surface area (Å²) in [5.74, 6) is 0. The van der Waals surface area contributed by atoms with Gasteiger partial charge in [-0.15, -0.1) is 0 Å². The molecule has 0 radical (unpaired) electrons. The topological polar surface area (TPSA) is 15.3 Å². The van der Waals surface area contributed by atoms with Crippen molar-refractivity contribution >= 4 is 17.8 Å². The van der Waals surface area contributed by atoms with Gasteiger partial charge in [-0.25, -0.2) is 4.72 Å². The Morgan fingerprint density at radius 3 is 2.33 bits per heavy atom. The van der Waals surface area contributed by atoms with Gasteiger partial charge < -0.3 is 4.31 Å². The fourth-order valence-corrected chi connectivity index (χ4v) is 2.06. The largest absolute Gasteiger partial charge is 0.416 e. The van der Waals surface area contributed by atoms with Crippen LogP contribution in [0.2, 0.25) is 0 Å². The number of benzene rings is 1. The number of hydrogen-bond acceptors (Lipinski definition) is 3. The Balaban J connectivity index is 2.16. The molecule has 82 valence electrons. The first kappa shape index (κ1) is 10.6. The van der Waals surface area contributed by atoms with E-state index in [-0.39, 0.29) is 0 Å². The third-order valence-corrected chi connectivity index (χ3v) is 3.02. The number of anilines is 1. The molecule has 0 atom stereocenters. The molecule has 2 rings (SSSR count). The molecule has 1 N–H and O–H groups in total. The molecule has 0 aromatic heterocycles. The van der Waals surface area contributed by atoms with Crippen molar-refractivity contribution in [2.45, 2.75) is 6.18 Å². The summed E-state index contributed by atoms with van der Waals surface area (Å²) in [7, 11) is 0. The Kier molecular flexibility index (Phi) is 2.79. The van der Waals surface area contributed by atoms with Crippen molar-refractivity contribution in [1.29, 1.82) is 0 Å². The van der Waals surface area contributed by atoms with Crippen molar-refractivity contribution in [3.8, 4) is 0 Å². The summed E-state index contributed by atoms with van der Waals surface area (Å²) in [6.07, 6.45) is -4.26. The van der Waals surface area contributed by atoms with Gasteiger partial charge in [-0.05, 0) is 24.3 Å². The van der Waals surface area contributed by atoms with Gasteiger partial charge in [0.1, 0.15) is 0 Å². The van der Waals surface area contributed by atoms with E-state index in [9.17, 15) is 13.2 Å². The molecule has 0 spiro atoms. The van der Waals surface area contributed by atoms with Crippen LogP contribution in [-0.2, 0) is 6.18 Å². The average molecular weight is 234 g/mol. The van der Waals surface area contributed by atoms with Crippen LogP contribution in [-0.4, -0.2) is 13.1 Å². The zero-order valence-electron chi connectivity index (χ0n) is 7.71. The molecule has 0 amide bonds. The highest BCUT2D eigenvalue weighted by Gasteiger charge is 2.30. The Morgan fingerprint density at radius 1 is 1.20 bits per heavy atom. The molecule has 15 heavy (non-hydrogen) atoms. The molecule has 1 aromatic rings. The van der Waals surface area contributed by atoms with E-state index < -0.39 is 11.7 Å². The molecule has 0 aliphatic carbocycles. The second kappa shape index (κ2) is 3.94. The van der Waals surface area contributed by atoms with Crippen LogP contribution < -0.4 is 9.03 Å². The highest BCUT2D eigenvalue weighted by molar-refractivity contribution is 7.99. The van der Waals surface area contributed by atoms with E-state index in [1.807, 2.05) is 4.31 Å². The van der Waals surface area contributed by atoms with Crippen LogP contribution in [0.15, 0.2) is 24.3 Å². The minimum Gasteiger partial charge on any atom is -0.302 e. The Hall–Kier alpha value is -0.880. The molecule has 1 aliphatic rings. The van der Waals surface area contributed by atoms with Crippen LogP contribution >= 0.6 is 12.1 Å². The lowest BCUT2D eigenvalue weighted by atomic mass is 10.2. The normalized spacial score (nSPS) is 17.1. The summed E-state index contributed by atoms with van der Waals surface area (Å²) in [4.78, 5) is 0. The van der Waals surface area contributed by atoms with Crippen LogP contribution in [0.5, 0.6) is 0 Å². The Bertz CT molecular complexity index is 330. The van der Waals surface area contributed by atoms with Crippen LogP contribution in [0.25, 0.3) is 0 Å². The van der Waals surface area contributed by atoms with Crippen molar-refractivity contribution < 1.29 is 13.2 Å². The fraction of sp³-hybridized carbons (Fsp3) is 0.333. The maximum Gasteiger partial charge on any atom is 0.416 e. The van der Waals surface area contributed by atoms with E-state index in [1.54, 1.807) is 0 Å². The molecule has 1 fully saturated rings. The zero-order valence-corrected chi connectivity index (χ0v) is 8.53. The van der Waals surface area contributed by atoms with Crippen molar-refractivity contribution in [1.82, 2.24) is 4.72 Å². The maximum atomic E-state index is 12.3. The van der Waals surface area contributed by atoms with Crippen molar-refractivity contribution in [3.05, 3.63) is 29.8 Å². The second-order valence-corrected chi connectivity index (χ2v) is 4.04. The average Bonchev–Trinajstić information content (AvgIpc) is 2.69. The standard InChI is InChI=1S/C9H9F3N2S/c10-9(11,12)7-1-3-8(4-2-7)14-6-5-13-15-14/h1-4,13H,5-6H2. The minimum absolute atomic E-state index is 0.608. The number of nitrogens with one attached hydrogen (secondary N) is 1. The minimum atomic E-state index is -4.26. The molecule has 0 saturated carbocycles. The van der Waals surface area contributed by atoms with E-state index in [0.29, 0.717) is 0 Å². The predicted molar refractivity (Wildman–Crippen MR) is 54.4 cm³/mol. The highest BCUT2D eigenvalue weighted by atomic mass is 32.2. The van der Waals surface area contributed by atoms with Gasteiger partial charge in [0, 0.05) is 30.9 Å². The molecule has 1 aliphatic heterocycles. The number of hydrogen-bond donors (Lipinski definition) is 1. The summed E-state index contributed by atoms with van der Waals surface area (Å²) in [6, 6.07) is 5.19. The lowest BCUT2D eigenvalue weighted by Gasteiger charge is -2.15. The summed E-state index contributed by atoms with van der Waals surface area (Å²) >= 11 is 1.41. The Labute approximate surface area is 89.7 Å². The summed E-state index contributed by atoms with van der Waals surface area (Å²) in [5.41, 5.74) is 0.182. The third-order valence-electron chi connectivity index (χ3n) is 2.07. The van der Waals surface area contributed by atoms with E-state index in [0.717, 1.165) is 30.9 Å². The smallest absolute Gasteiger partial charge is 0.302 e. The van der Waals surface area contributed by atoms with Crippen LogP contribution in [0.1, 0.15) is 5.56 Å². The number of halogens is 3. The van der Waals surface area contributed by atoms with Crippen LogP contribution in [0.4, 0.5) is 18.9 Å². The maximum absolute atomic E-state index is 12.3. The molecule has 0 unspecified atom stereocenters. The lowest BCUT2D eigenvalue weighted by Crippen LogP contribution is -2.11. The van der Waals surface area contributed by atoms with E-state index in [1.165, 1.54) is 24.3 Å². The van der Waals surface area contributed by atoms with Gasteiger partial charge in [-0.3, -0.25) is 0 Å². The first-order valence-electron chi connectivity index (χ1n) is 4.42. The van der Waals surface area contributed by atoms with Crippen LogP contribution in [0.3, 0.4) is 0 Å². The van der Waals surface area contributed by atoms with Crippen LogP contribution in [0, 0.1) is 0 Å². The fourth-order valence-electron chi connectivity index (χ4n) is 1.31. The Morgan fingerprint density at radius 2 is 1.87 bits per heavy atom. The van der Waals surface area contributed by atoms with Crippen molar-refractivity contribution in [2.24, 2.45) is 0 Å². The van der Waals surface area contributed by atoms with Crippen molar-refractivity contribution in [3.63, 3.8) is 0 Å². The van der Waals surface area contributed by atoms with Crippen molar-refractivity contribution in [2.75, 3.05) is 17.4 Å². The molecular formula is C9H9F3N2S. The lowest BCUT2D eigenvalue weighted by molar-refractivity contribution is -0.137. The van der Waals surface area contributed by atoms with Gasteiger partial charge in [0.05, 0.1) is 5.56 Å². The quantitative estimate of drug-likeness (QED) is 0.752. The molecule has 1 aromatic carbocycles. The van der Waals surface area contributed by atoms with Gasteiger partial charge in [0.15, 0.2) is 0 Å². The summed E-state index contributed by atoms with van der Waals surface area (Å²) in [5, 5.41) is 0. The second-order valence-electron chi connectivity index (χ2n) is 3.13. The number of rotatable bonds is 1. The zero-order chi connectivity index (χ0) is 10.9. The molecule has 6 heteroatoms. The van der Waals surface area contributed by atoms with Gasteiger partial charge >= 0.3 is 6.18 Å².